The molecule has 21 heavy (non-hydrogen) atoms. The SMILES string of the molecule is Nc1cccc(CC(=O)OC2CCOC3(CCCC3)C2)c1. The predicted octanol–water partition coefficient (Wildman–Crippen LogP) is 2.85. The number of benzene rings is 1. The highest BCUT2D eigenvalue weighted by Crippen LogP contribution is 2.40. The maximum Gasteiger partial charge on any atom is 0.310 e. The monoisotopic (exact) mass is 289 g/mol. The van der Waals surface area contributed by atoms with E-state index in [1.54, 1.807) is 0 Å². The van der Waals surface area contributed by atoms with Crippen LogP contribution in [0.2, 0.25) is 0 Å². The highest BCUT2D eigenvalue weighted by atomic mass is 16.6. The molecule has 0 amide bonds. The normalized spacial score (nSPS) is 24.1. The molecule has 4 heteroatoms. The van der Waals surface area contributed by atoms with Gasteiger partial charge in [0.25, 0.3) is 0 Å². The molecule has 1 saturated carbocycles. The van der Waals surface area contributed by atoms with Gasteiger partial charge < -0.3 is 15.2 Å². The summed E-state index contributed by atoms with van der Waals surface area (Å²) in [5.41, 5.74) is 7.30. The third-order valence-electron chi connectivity index (χ3n) is 4.56. The number of esters is 1. The summed E-state index contributed by atoms with van der Waals surface area (Å²) in [5.74, 6) is -0.166. The van der Waals surface area contributed by atoms with Gasteiger partial charge in [-0.05, 0) is 30.5 Å². The second-order valence-electron chi connectivity index (χ2n) is 6.27. The van der Waals surface area contributed by atoms with Gasteiger partial charge in [0.15, 0.2) is 0 Å². The minimum Gasteiger partial charge on any atom is -0.462 e. The first-order valence-corrected chi connectivity index (χ1v) is 7.83. The van der Waals surface area contributed by atoms with Crippen LogP contribution in [-0.4, -0.2) is 24.3 Å². The number of ether oxygens (including phenoxy) is 2. The fraction of sp³-hybridized carbons (Fsp3) is 0.588. The highest BCUT2D eigenvalue weighted by Gasteiger charge is 2.41. The van der Waals surface area contributed by atoms with E-state index in [1.807, 2.05) is 24.3 Å². The van der Waals surface area contributed by atoms with Crippen LogP contribution in [0.15, 0.2) is 24.3 Å². The van der Waals surface area contributed by atoms with Gasteiger partial charge in [-0.25, -0.2) is 0 Å². The van der Waals surface area contributed by atoms with Crippen molar-refractivity contribution in [1.82, 2.24) is 0 Å². The van der Waals surface area contributed by atoms with Crippen molar-refractivity contribution in [2.75, 3.05) is 12.3 Å². The van der Waals surface area contributed by atoms with Crippen molar-refractivity contribution in [3.8, 4) is 0 Å². The Morgan fingerprint density at radius 1 is 1.38 bits per heavy atom. The van der Waals surface area contributed by atoms with Crippen LogP contribution in [-0.2, 0) is 20.7 Å². The largest absolute Gasteiger partial charge is 0.462 e. The minimum atomic E-state index is -0.166. The zero-order valence-corrected chi connectivity index (χ0v) is 12.3. The van der Waals surface area contributed by atoms with Crippen LogP contribution >= 0.6 is 0 Å². The first-order chi connectivity index (χ1) is 10.2. The molecule has 114 valence electrons. The average molecular weight is 289 g/mol. The zero-order chi connectivity index (χ0) is 14.7. The summed E-state index contributed by atoms with van der Waals surface area (Å²) >= 11 is 0. The Bertz CT molecular complexity index is 509. The zero-order valence-electron chi connectivity index (χ0n) is 12.3. The predicted molar refractivity (Wildman–Crippen MR) is 80.8 cm³/mol. The molecule has 1 aliphatic carbocycles. The lowest BCUT2D eigenvalue weighted by Gasteiger charge is -2.37. The lowest BCUT2D eigenvalue weighted by atomic mass is 9.90. The molecule has 1 spiro atoms. The van der Waals surface area contributed by atoms with Crippen LogP contribution in [0.3, 0.4) is 0 Å². The number of carbonyl (C=O) groups is 1. The lowest BCUT2D eigenvalue weighted by Crippen LogP contribution is -2.41. The van der Waals surface area contributed by atoms with Gasteiger partial charge in [-0.15, -0.1) is 0 Å². The Balaban J connectivity index is 1.55. The summed E-state index contributed by atoms with van der Waals surface area (Å²) in [5, 5.41) is 0. The van der Waals surface area contributed by atoms with Crippen LogP contribution < -0.4 is 5.73 Å². The first kappa shape index (κ1) is 14.4. The second-order valence-corrected chi connectivity index (χ2v) is 6.27. The fourth-order valence-electron chi connectivity index (χ4n) is 3.55. The molecule has 1 heterocycles. The van der Waals surface area contributed by atoms with Crippen molar-refractivity contribution >= 4 is 11.7 Å². The maximum atomic E-state index is 12.1. The number of nitrogens with two attached hydrogens (primary N) is 1. The van der Waals surface area contributed by atoms with Gasteiger partial charge in [0, 0.05) is 18.5 Å². The van der Waals surface area contributed by atoms with Gasteiger partial charge >= 0.3 is 5.97 Å². The smallest absolute Gasteiger partial charge is 0.310 e. The Morgan fingerprint density at radius 3 is 2.95 bits per heavy atom. The molecule has 4 nitrogen and oxygen atoms in total. The van der Waals surface area contributed by atoms with E-state index in [-0.39, 0.29) is 24.1 Å². The van der Waals surface area contributed by atoms with Gasteiger partial charge in [-0.2, -0.15) is 0 Å². The molecule has 0 radical (unpaired) electrons. The third-order valence-corrected chi connectivity index (χ3v) is 4.56. The van der Waals surface area contributed by atoms with Crippen molar-refractivity contribution in [1.29, 1.82) is 0 Å². The Hall–Kier alpha value is -1.55. The van der Waals surface area contributed by atoms with Gasteiger partial charge in [0.2, 0.25) is 0 Å². The number of anilines is 1. The van der Waals surface area contributed by atoms with E-state index in [4.69, 9.17) is 15.2 Å². The minimum absolute atomic E-state index is 0.00501. The van der Waals surface area contributed by atoms with E-state index < -0.39 is 0 Å². The maximum absolute atomic E-state index is 12.1. The molecule has 1 aliphatic heterocycles. The summed E-state index contributed by atoms with van der Waals surface area (Å²) in [6, 6.07) is 7.40. The molecule has 1 aromatic rings. The Labute approximate surface area is 125 Å². The van der Waals surface area contributed by atoms with E-state index >= 15 is 0 Å². The number of hydrogen-bond acceptors (Lipinski definition) is 4. The van der Waals surface area contributed by atoms with Gasteiger partial charge in [-0.1, -0.05) is 25.0 Å². The van der Waals surface area contributed by atoms with E-state index in [1.165, 1.54) is 12.8 Å². The van der Waals surface area contributed by atoms with Crippen LogP contribution in [0.1, 0.15) is 44.1 Å². The van der Waals surface area contributed by atoms with Crippen molar-refractivity contribution in [2.45, 2.75) is 56.7 Å². The van der Waals surface area contributed by atoms with Gasteiger partial charge in [-0.3, -0.25) is 4.79 Å². The summed E-state index contributed by atoms with van der Waals surface area (Å²) in [6.07, 6.45) is 6.63. The molecular formula is C17H23NO3. The second kappa shape index (κ2) is 6.06. The van der Waals surface area contributed by atoms with Crippen LogP contribution in [0, 0.1) is 0 Å². The number of carbonyl (C=O) groups excluding carboxylic acids is 1. The summed E-state index contributed by atoms with van der Waals surface area (Å²) in [6.45, 7) is 0.705. The van der Waals surface area contributed by atoms with Gasteiger partial charge in [0.05, 0.1) is 18.6 Å². The summed E-state index contributed by atoms with van der Waals surface area (Å²) in [7, 11) is 0. The topological polar surface area (TPSA) is 61.6 Å². The molecule has 1 atom stereocenters. The Morgan fingerprint density at radius 2 is 2.19 bits per heavy atom. The molecule has 0 bridgehead atoms. The van der Waals surface area contributed by atoms with Crippen molar-refractivity contribution in [2.24, 2.45) is 0 Å². The first-order valence-electron chi connectivity index (χ1n) is 7.83. The van der Waals surface area contributed by atoms with E-state index in [0.717, 1.165) is 31.2 Å². The molecule has 1 saturated heterocycles. The van der Waals surface area contributed by atoms with E-state index in [0.29, 0.717) is 12.3 Å². The van der Waals surface area contributed by atoms with Crippen molar-refractivity contribution < 1.29 is 14.3 Å². The molecular weight excluding hydrogens is 266 g/mol. The summed E-state index contributed by atoms with van der Waals surface area (Å²) < 4.78 is 11.6. The number of nitrogen functional groups attached to an aromatic ring is 1. The standard InChI is InChI=1S/C17H23NO3/c18-14-5-3-4-13(10-14)11-16(19)21-15-6-9-20-17(12-15)7-1-2-8-17/h3-5,10,15H,1-2,6-9,11-12,18H2. The third kappa shape index (κ3) is 3.56. The van der Waals surface area contributed by atoms with E-state index in [2.05, 4.69) is 0 Å². The molecule has 3 rings (SSSR count). The average Bonchev–Trinajstić information content (AvgIpc) is 2.86. The molecule has 1 aromatic carbocycles. The molecule has 0 aromatic heterocycles. The number of rotatable bonds is 3. The van der Waals surface area contributed by atoms with Crippen LogP contribution in [0.25, 0.3) is 0 Å². The molecule has 2 fully saturated rings. The fourth-order valence-corrected chi connectivity index (χ4v) is 3.55. The molecule has 2 aliphatic rings. The molecule has 1 unspecified atom stereocenters. The van der Waals surface area contributed by atoms with E-state index in [9.17, 15) is 4.79 Å². The Kier molecular flexibility index (Phi) is 4.15. The van der Waals surface area contributed by atoms with Crippen LogP contribution in [0.5, 0.6) is 0 Å². The molecule has 2 N–H and O–H groups in total. The van der Waals surface area contributed by atoms with Crippen LogP contribution in [0.4, 0.5) is 5.69 Å². The number of hydrogen-bond donors (Lipinski definition) is 1. The van der Waals surface area contributed by atoms with Crippen molar-refractivity contribution in [3.63, 3.8) is 0 Å². The van der Waals surface area contributed by atoms with Crippen molar-refractivity contribution in [3.05, 3.63) is 29.8 Å². The van der Waals surface area contributed by atoms with Gasteiger partial charge in [0.1, 0.15) is 6.10 Å². The summed E-state index contributed by atoms with van der Waals surface area (Å²) in [4.78, 5) is 12.1. The highest BCUT2D eigenvalue weighted by molar-refractivity contribution is 5.73. The quantitative estimate of drug-likeness (QED) is 0.686. The lowest BCUT2D eigenvalue weighted by molar-refractivity contribution is -0.164.